The molecule has 0 saturated carbocycles. The third-order valence-electron chi connectivity index (χ3n) is 4.95. The Bertz CT molecular complexity index is 923. The molecule has 0 aliphatic carbocycles. The third kappa shape index (κ3) is 4.49. The van der Waals surface area contributed by atoms with Gasteiger partial charge in [-0.3, -0.25) is 9.59 Å². The fourth-order valence-electron chi connectivity index (χ4n) is 3.58. The molecule has 1 unspecified atom stereocenters. The van der Waals surface area contributed by atoms with Gasteiger partial charge in [0.1, 0.15) is 5.60 Å². The average molecular weight is 400 g/mol. The first-order chi connectivity index (χ1) is 13.9. The van der Waals surface area contributed by atoms with E-state index in [1.54, 1.807) is 6.07 Å². The van der Waals surface area contributed by atoms with Gasteiger partial charge in [-0.2, -0.15) is 4.98 Å². The number of amides is 2. The van der Waals surface area contributed by atoms with Gasteiger partial charge in [-0.05, 0) is 26.3 Å². The number of aromatic nitrogens is 2. The average Bonchev–Trinajstić information content (AvgIpc) is 3.27. The normalized spacial score (nSPS) is 19.8. The number of fused-ring (bicyclic) bond motifs is 1. The molecule has 2 aliphatic rings. The van der Waals surface area contributed by atoms with Crippen molar-refractivity contribution in [3.8, 4) is 11.5 Å². The van der Waals surface area contributed by atoms with Crippen LogP contribution < -0.4 is 20.1 Å². The van der Waals surface area contributed by atoms with E-state index in [9.17, 15) is 9.59 Å². The summed E-state index contributed by atoms with van der Waals surface area (Å²) < 4.78 is 16.8. The molecule has 1 aromatic heterocycles. The molecule has 1 fully saturated rings. The van der Waals surface area contributed by atoms with Crippen LogP contribution in [-0.4, -0.2) is 40.7 Å². The largest absolute Gasteiger partial charge is 0.483 e. The van der Waals surface area contributed by atoms with E-state index in [0.717, 1.165) is 18.4 Å². The molecule has 2 N–H and O–H groups in total. The predicted octanol–water partition coefficient (Wildman–Crippen LogP) is 1.47. The number of hydrogen-bond donors (Lipinski definition) is 2. The van der Waals surface area contributed by atoms with Crippen LogP contribution >= 0.6 is 0 Å². The second-order valence-corrected chi connectivity index (χ2v) is 7.93. The summed E-state index contributed by atoms with van der Waals surface area (Å²) >= 11 is 0. The number of para-hydroxylation sites is 1. The van der Waals surface area contributed by atoms with Gasteiger partial charge in [0.25, 0.3) is 5.91 Å². The van der Waals surface area contributed by atoms with Crippen LogP contribution in [0.25, 0.3) is 0 Å². The standard InChI is InChI=1S/C20H24N4O5/c1-20(2)9-13-4-3-5-14(18(13)28-20)27-11-16(26)22-10-17-23-19(24-29-17)12-6-7-21-15(25)8-12/h3-5,12H,6-11H2,1-2H3,(H,21,25)(H,22,26). The first kappa shape index (κ1) is 19.2. The Morgan fingerprint density at radius 3 is 3.10 bits per heavy atom. The monoisotopic (exact) mass is 400 g/mol. The zero-order chi connectivity index (χ0) is 20.4. The minimum absolute atomic E-state index is 0.0159. The highest BCUT2D eigenvalue weighted by Gasteiger charge is 2.32. The van der Waals surface area contributed by atoms with Crippen molar-refractivity contribution in [3.63, 3.8) is 0 Å². The molecule has 3 heterocycles. The van der Waals surface area contributed by atoms with E-state index in [0.29, 0.717) is 36.2 Å². The Morgan fingerprint density at radius 2 is 2.28 bits per heavy atom. The number of benzene rings is 1. The molecule has 4 rings (SSSR count). The van der Waals surface area contributed by atoms with Crippen molar-refractivity contribution in [1.29, 1.82) is 0 Å². The Balaban J connectivity index is 1.28. The molecule has 9 nitrogen and oxygen atoms in total. The van der Waals surface area contributed by atoms with Crippen molar-refractivity contribution in [2.24, 2.45) is 0 Å². The van der Waals surface area contributed by atoms with Crippen molar-refractivity contribution in [2.75, 3.05) is 13.2 Å². The topological polar surface area (TPSA) is 116 Å². The summed E-state index contributed by atoms with van der Waals surface area (Å²) in [4.78, 5) is 27.9. The lowest BCUT2D eigenvalue weighted by molar-refractivity contribution is -0.123. The van der Waals surface area contributed by atoms with E-state index in [1.165, 1.54) is 0 Å². The van der Waals surface area contributed by atoms with Crippen LogP contribution in [0.3, 0.4) is 0 Å². The summed E-state index contributed by atoms with van der Waals surface area (Å²) in [6, 6.07) is 5.68. The molecule has 2 aliphatic heterocycles. The summed E-state index contributed by atoms with van der Waals surface area (Å²) in [5.74, 6) is 1.67. The maximum Gasteiger partial charge on any atom is 0.258 e. The Kier molecular flexibility index (Phi) is 5.12. The summed E-state index contributed by atoms with van der Waals surface area (Å²) in [7, 11) is 0. The van der Waals surface area contributed by atoms with Crippen LogP contribution in [0.1, 0.15) is 49.9 Å². The van der Waals surface area contributed by atoms with Gasteiger partial charge in [-0.1, -0.05) is 17.3 Å². The fraction of sp³-hybridized carbons (Fsp3) is 0.500. The van der Waals surface area contributed by atoms with Gasteiger partial charge in [0, 0.05) is 30.9 Å². The molecule has 0 spiro atoms. The van der Waals surface area contributed by atoms with Crippen molar-refractivity contribution in [3.05, 3.63) is 35.5 Å². The van der Waals surface area contributed by atoms with Crippen molar-refractivity contribution < 1.29 is 23.6 Å². The molecule has 1 aromatic carbocycles. The van der Waals surface area contributed by atoms with Crippen LogP contribution in [0.15, 0.2) is 22.7 Å². The highest BCUT2D eigenvalue weighted by Crippen LogP contribution is 2.41. The molecule has 9 heteroatoms. The van der Waals surface area contributed by atoms with Crippen LogP contribution in [0.2, 0.25) is 0 Å². The van der Waals surface area contributed by atoms with E-state index in [1.807, 2.05) is 26.0 Å². The van der Waals surface area contributed by atoms with E-state index in [4.69, 9.17) is 14.0 Å². The minimum Gasteiger partial charge on any atom is -0.483 e. The lowest BCUT2D eigenvalue weighted by Gasteiger charge is -2.18. The Morgan fingerprint density at radius 1 is 1.41 bits per heavy atom. The van der Waals surface area contributed by atoms with Crippen LogP contribution in [0.4, 0.5) is 0 Å². The van der Waals surface area contributed by atoms with E-state index in [2.05, 4.69) is 20.8 Å². The quantitative estimate of drug-likeness (QED) is 0.754. The molecular formula is C20H24N4O5. The fourth-order valence-corrected chi connectivity index (χ4v) is 3.58. The highest BCUT2D eigenvalue weighted by atomic mass is 16.5. The maximum atomic E-state index is 12.1. The second kappa shape index (κ2) is 7.73. The Hall–Kier alpha value is -3.10. The summed E-state index contributed by atoms with van der Waals surface area (Å²) in [6.07, 6.45) is 1.92. The lowest BCUT2D eigenvalue weighted by Crippen LogP contribution is -2.33. The van der Waals surface area contributed by atoms with Crippen LogP contribution in [-0.2, 0) is 22.6 Å². The number of nitrogens with zero attached hydrogens (tertiary/aromatic N) is 2. The summed E-state index contributed by atoms with van der Waals surface area (Å²) in [5.41, 5.74) is 0.793. The molecule has 2 amide bonds. The number of hydrogen-bond acceptors (Lipinski definition) is 7. The maximum absolute atomic E-state index is 12.1. The Labute approximate surface area is 168 Å². The molecule has 154 valence electrons. The van der Waals surface area contributed by atoms with E-state index in [-0.39, 0.29) is 36.5 Å². The van der Waals surface area contributed by atoms with Gasteiger partial charge in [0.05, 0.1) is 6.54 Å². The molecule has 0 radical (unpaired) electrons. The first-order valence-electron chi connectivity index (χ1n) is 9.69. The molecule has 0 bridgehead atoms. The molecular weight excluding hydrogens is 376 g/mol. The van der Waals surface area contributed by atoms with Crippen molar-refractivity contribution in [2.45, 2.75) is 51.2 Å². The first-order valence-corrected chi connectivity index (χ1v) is 9.69. The number of carbonyl (C=O) groups is 2. The number of ether oxygens (including phenoxy) is 2. The number of nitrogens with one attached hydrogen (secondary N) is 2. The molecule has 2 aromatic rings. The highest BCUT2D eigenvalue weighted by molar-refractivity contribution is 5.78. The van der Waals surface area contributed by atoms with Gasteiger partial charge in [-0.15, -0.1) is 0 Å². The summed E-state index contributed by atoms with van der Waals surface area (Å²) in [5, 5.41) is 9.40. The van der Waals surface area contributed by atoms with E-state index >= 15 is 0 Å². The number of piperidine rings is 1. The second-order valence-electron chi connectivity index (χ2n) is 7.93. The zero-order valence-electron chi connectivity index (χ0n) is 16.5. The van der Waals surface area contributed by atoms with Gasteiger partial charge >= 0.3 is 0 Å². The minimum atomic E-state index is -0.309. The number of rotatable bonds is 6. The molecule has 29 heavy (non-hydrogen) atoms. The van der Waals surface area contributed by atoms with Gasteiger partial charge in [0.15, 0.2) is 23.9 Å². The third-order valence-corrected chi connectivity index (χ3v) is 4.95. The number of carbonyl (C=O) groups excluding carboxylic acids is 2. The summed E-state index contributed by atoms with van der Waals surface area (Å²) in [6.45, 7) is 4.59. The SMILES string of the molecule is CC1(C)Cc2cccc(OCC(=O)NCc3nc(C4CCNC(=O)C4)no3)c2O1. The molecule has 1 atom stereocenters. The lowest BCUT2D eigenvalue weighted by atomic mass is 9.97. The van der Waals surface area contributed by atoms with Gasteiger partial charge in [-0.25, -0.2) is 0 Å². The van der Waals surface area contributed by atoms with Crippen LogP contribution in [0.5, 0.6) is 11.5 Å². The van der Waals surface area contributed by atoms with Crippen molar-refractivity contribution >= 4 is 11.8 Å². The predicted molar refractivity (Wildman–Crippen MR) is 101 cm³/mol. The molecule has 1 saturated heterocycles. The van der Waals surface area contributed by atoms with Crippen molar-refractivity contribution in [1.82, 2.24) is 20.8 Å². The van der Waals surface area contributed by atoms with Gasteiger partial charge < -0.3 is 24.6 Å². The van der Waals surface area contributed by atoms with Crippen LogP contribution in [0, 0.1) is 0 Å². The van der Waals surface area contributed by atoms with E-state index < -0.39 is 0 Å². The van der Waals surface area contributed by atoms with Gasteiger partial charge in [0.2, 0.25) is 11.8 Å². The smallest absolute Gasteiger partial charge is 0.258 e. The zero-order valence-corrected chi connectivity index (χ0v) is 16.5.